The Morgan fingerprint density at radius 3 is 3.00 bits per heavy atom. The number of hydrogen-bond donors (Lipinski definition) is 1. The van der Waals surface area contributed by atoms with Crippen molar-refractivity contribution in [3.8, 4) is 5.75 Å². The van der Waals surface area contributed by atoms with E-state index in [1.54, 1.807) is 0 Å². The highest BCUT2D eigenvalue weighted by Crippen LogP contribution is 2.21. The summed E-state index contributed by atoms with van der Waals surface area (Å²) in [7, 11) is 0. The Kier molecular flexibility index (Phi) is 5.49. The van der Waals surface area contributed by atoms with Crippen LogP contribution in [0, 0.1) is 5.92 Å². The molecule has 4 heteroatoms. The molecule has 2 atom stereocenters. The maximum absolute atomic E-state index is 5.93. The van der Waals surface area contributed by atoms with Gasteiger partial charge in [0.25, 0.3) is 0 Å². The summed E-state index contributed by atoms with van der Waals surface area (Å²) in [5, 5.41) is 0.715. The van der Waals surface area contributed by atoms with Gasteiger partial charge < -0.3 is 10.5 Å². The summed E-state index contributed by atoms with van der Waals surface area (Å²) < 4.78 is 5.75. The van der Waals surface area contributed by atoms with Gasteiger partial charge in [0.2, 0.25) is 0 Å². The Morgan fingerprint density at radius 2 is 2.26 bits per heavy atom. The minimum atomic E-state index is 0.630. The van der Waals surface area contributed by atoms with Crippen LogP contribution in [-0.2, 0) is 0 Å². The number of rotatable bonds is 5. The van der Waals surface area contributed by atoms with Crippen LogP contribution in [0.3, 0.4) is 0 Å². The number of nitrogens with two attached hydrogens (primary N) is 1. The third kappa shape index (κ3) is 4.37. The second kappa shape index (κ2) is 7.13. The average molecular weight is 283 g/mol. The number of nitrogens with zero attached hydrogens (tertiary/aromatic N) is 1. The van der Waals surface area contributed by atoms with Gasteiger partial charge in [-0.1, -0.05) is 17.7 Å². The molecule has 3 nitrogen and oxygen atoms in total. The predicted molar refractivity (Wildman–Crippen MR) is 79.8 cm³/mol. The zero-order chi connectivity index (χ0) is 13.7. The molecule has 1 aliphatic rings. The van der Waals surface area contributed by atoms with Crippen molar-refractivity contribution in [2.24, 2.45) is 11.7 Å². The smallest absolute Gasteiger partial charge is 0.120 e. The van der Waals surface area contributed by atoms with E-state index >= 15 is 0 Å². The van der Waals surface area contributed by atoms with Crippen LogP contribution in [0.1, 0.15) is 19.8 Å². The van der Waals surface area contributed by atoms with Gasteiger partial charge >= 0.3 is 0 Å². The van der Waals surface area contributed by atoms with E-state index in [-0.39, 0.29) is 0 Å². The SMILES string of the molecule is CC1CCC(CN)CN1CCOc1cccc(Cl)c1. The highest BCUT2D eigenvalue weighted by atomic mass is 35.5. The lowest BCUT2D eigenvalue weighted by molar-refractivity contribution is 0.102. The van der Waals surface area contributed by atoms with Gasteiger partial charge in [-0.25, -0.2) is 0 Å². The highest BCUT2D eigenvalue weighted by molar-refractivity contribution is 6.30. The first-order chi connectivity index (χ1) is 9.19. The Bertz CT molecular complexity index is 399. The van der Waals surface area contributed by atoms with Crippen LogP contribution < -0.4 is 10.5 Å². The first-order valence-corrected chi connectivity index (χ1v) is 7.39. The van der Waals surface area contributed by atoms with Crippen molar-refractivity contribution in [1.29, 1.82) is 0 Å². The van der Waals surface area contributed by atoms with Crippen molar-refractivity contribution in [3.05, 3.63) is 29.3 Å². The molecular weight excluding hydrogens is 260 g/mol. The molecule has 0 radical (unpaired) electrons. The van der Waals surface area contributed by atoms with Crippen LogP contribution in [0.25, 0.3) is 0 Å². The van der Waals surface area contributed by atoms with Gasteiger partial charge in [-0.15, -0.1) is 0 Å². The summed E-state index contributed by atoms with van der Waals surface area (Å²) in [5.74, 6) is 1.48. The third-order valence-electron chi connectivity index (χ3n) is 3.89. The Hall–Kier alpha value is -0.770. The first-order valence-electron chi connectivity index (χ1n) is 7.01. The van der Waals surface area contributed by atoms with E-state index in [1.807, 2.05) is 24.3 Å². The van der Waals surface area contributed by atoms with Gasteiger partial charge in [-0.05, 0) is 50.4 Å². The number of likely N-dealkylation sites (tertiary alicyclic amines) is 1. The quantitative estimate of drug-likeness (QED) is 0.902. The largest absolute Gasteiger partial charge is 0.492 e. The molecule has 1 fully saturated rings. The molecule has 0 bridgehead atoms. The Labute approximate surface area is 120 Å². The second-order valence-electron chi connectivity index (χ2n) is 5.33. The zero-order valence-electron chi connectivity index (χ0n) is 11.5. The van der Waals surface area contributed by atoms with Crippen LogP contribution in [0.4, 0.5) is 0 Å². The molecule has 19 heavy (non-hydrogen) atoms. The fourth-order valence-electron chi connectivity index (χ4n) is 2.60. The molecule has 0 aliphatic carbocycles. The van der Waals surface area contributed by atoms with Gasteiger partial charge in [0.05, 0.1) is 0 Å². The second-order valence-corrected chi connectivity index (χ2v) is 5.77. The monoisotopic (exact) mass is 282 g/mol. The molecule has 1 aliphatic heterocycles. The molecule has 0 aromatic heterocycles. The van der Waals surface area contributed by atoms with Gasteiger partial charge in [0.1, 0.15) is 12.4 Å². The Morgan fingerprint density at radius 1 is 1.42 bits per heavy atom. The lowest BCUT2D eigenvalue weighted by Crippen LogP contribution is -2.45. The number of piperidine rings is 1. The van der Waals surface area contributed by atoms with E-state index in [2.05, 4.69) is 11.8 Å². The molecule has 0 spiro atoms. The summed E-state index contributed by atoms with van der Waals surface area (Å²) in [6.45, 7) is 5.81. The summed E-state index contributed by atoms with van der Waals surface area (Å²) in [6.07, 6.45) is 2.49. The fraction of sp³-hybridized carbons (Fsp3) is 0.600. The molecular formula is C15H23ClN2O. The normalized spacial score (nSPS) is 24.4. The van der Waals surface area contributed by atoms with E-state index < -0.39 is 0 Å². The summed E-state index contributed by atoms with van der Waals surface area (Å²) >= 11 is 5.93. The zero-order valence-corrected chi connectivity index (χ0v) is 12.3. The van der Waals surface area contributed by atoms with Crippen molar-refractivity contribution >= 4 is 11.6 Å². The standard InChI is InChI=1S/C15H23ClN2O/c1-12-5-6-13(10-17)11-18(12)7-8-19-15-4-2-3-14(16)9-15/h2-4,9,12-13H,5-8,10-11,17H2,1H3. The van der Waals surface area contributed by atoms with Crippen LogP contribution >= 0.6 is 11.6 Å². The third-order valence-corrected chi connectivity index (χ3v) is 4.12. The molecule has 0 amide bonds. The van der Waals surface area contributed by atoms with E-state index in [0.717, 1.165) is 25.4 Å². The van der Waals surface area contributed by atoms with E-state index in [0.29, 0.717) is 23.6 Å². The average Bonchev–Trinajstić information content (AvgIpc) is 2.41. The maximum Gasteiger partial charge on any atom is 0.120 e. The molecule has 1 heterocycles. The fourth-order valence-corrected chi connectivity index (χ4v) is 2.78. The molecule has 1 aromatic rings. The maximum atomic E-state index is 5.93. The van der Waals surface area contributed by atoms with Crippen molar-refractivity contribution < 1.29 is 4.74 Å². The summed E-state index contributed by atoms with van der Waals surface area (Å²) in [4.78, 5) is 2.48. The van der Waals surface area contributed by atoms with E-state index in [1.165, 1.54) is 12.8 Å². The number of hydrogen-bond acceptors (Lipinski definition) is 3. The van der Waals surface area contributed by atoms with E-state index in [9.17, 15) is 0 Å². The lowest BCUT2D eigenvalue weighted by Gasteiger charge is -2.37. The minimum absolute atomic E-state index is 0.630. The van der Waals surface area contributed by atoms with Gasteiger partial charge in [-0.2, -0.15) is 0 Å². The Balaban J connectivity index is 1.78. The topological polar surface area (TPSA) is 38.5 Å². The number of halogens is 1. The number of benzene rings is 1. The van der Waals surface area contributed by atoms with Crippen LogP contribution in [-0.4, -0.2) is 37.2 Å². The lowest BCUT2D eigenvalue weighted by atomic mass is 9.94. The number of ether oxygens (including phenoxy) is 1. The van der Waals surface area contributed by atoms with E-state index in [4.69, 9.17) is 22.1 Å². The molecule has 2 unspecified atom stereocenters. The first kappa shape index (κ1) is 14.6. The molecule has 106 valence electrons. The van der Waals surface area contributed by atoms with Crippen LogP contribution in [0.15, 0.2) is 24.3 Å². The van der Waals surface area contributed by atoms with Crippen molar-refractivity contribution in [1.82, 2.24) is 4.90 Å². The van der Waals surface area contributed by atoms with Crippen molar-refractivity contribution in [2.45, 2.75) is 25.8 Å². The predicted octanol–water partition coefficient (Wildman–Crippen LogP) is 2.78. The van der Waals surface area contributed by atoms with Crippen molar-refractivity contribution in [2.75, 3.05) is 26.2 Å². The molecule has 1 aromatic carbocycles. The molecule has 2 N–H and O–H groups in total. The molecule has 1 saturated heterocycles. The summed E-state index contributed by atoms with van der Waals surface area (Å²) in [6, 6.07) is 8.18. The summed E-state index contributed by atoms with van der Waals surface area (Å²) in [5.41, 5.74) is 5.77. The van der Waals surface area contributed by atoms with Crippen LogP contribution in [0.2, 0.25) is 5.02 Å². The molecule has 0 saturated carbocycles. The highest BCUT2D eigenvalue weighted by Gasteiger charge is 2.24. The van der Waals surface area contributed by atoms with Gasteiger partial charge in [-0.3, -0.25) is 4.90 Å². The van der Waals surface area contributed by atoms with Gasteiger partial charge in [0, 0.05) is 24.2 Å². The van der Waals surface area contributed by atoms with Gasteiger partial charge in [0.15, 0.2) is 0 Å². The van der Waals surface area contributed by atoms with Crippen LogP contribution in [0.5, 0.6) is 5.75 Å². The van der Waals surface area contributed by atoms with Crippen molar-refractivity contribution in [3.63, 3.8) is 0 Å². The molecule has 2 rings (SSSR count). The minimum Gasteiger partial charge on any atom is -0.492 e.